The van der Waals surface area contributed by atoms with Gasteiger partial charge in [0.05, 0.1) is 6.21 Å². The molecule has 0 heterocycles. The van der Waals surface area contributed by atoms with Crippen molar-refractivity contribution in [3.8, 4) is 5.75 Å². The second-order valence-electron chi connectivity index (χ2n) is 9.91. The Morgan fingerprint density at radius 3 is 2.55 bits per heavy atom. The molecule has 2 aromatic carbocycles. The van der Waals surface area contributed by atoms with Crippen LogP contribution < -0.4 is 10.7 Å². The lowest BCUT2D eigenvalue weighted by atomic mass is 9.45. The third-order valence-corrected chi connectivity index (χ3v) is 7.96. The number of amides is 2. The van der Waals surface area contributed by atoms with Crippen LogP contribution >= 0.6 is 15.9 Å². The van der Waals surface area contributed by atoms with Crippen molar-refractivity contribution in [3.63, 3.8) is 0 Å². The first-order valence-electron chi connectivity index (χ1n) is 11.0. The second-order valence-corrected chi connectivity index (χ2v) is 10.8. The number of rotatable bonds is 4. The first kappa shape index (κ1) is 20.6. The molecule has 2 unspecified atom stereocenters. The van der Waals surface area contributed by atoms with E-state index in [0.717, 1.165) is 23.7 Å². The third kappa shape index (κ3) is 3.98. The average Bonchev–Trinajstić information content (AvgIpc) is 2.69. The van der Waals surface area contributed by atoms with E-state index < -0.39 is 0 Å². The minimum absolute atomic E-state index is 0.121. The molecule has 0 spiro atoms. The lowest BCUT2D eigenvalue weighted by Gasteiger charge is -2.62. The van der Waals surface area contributed by atoms with Crippen LogP contribution in [0.2, 0.25) is 0 Å². The van der Waals surface area contributed by atoms with Gasteiger partial charge in [-0.05, 0) is 86.5 Å². The van der Waals surface area contributed by atoms with Gasteiger partial charge in [0.2, 0.25) is 0 Å². The standard InChI is InChI=1S/C25H28BrN3O2/c1-16-2-4-20(5-3-16)24-10-17-8-18(11-24)13-25(12-17,15-24)28-23(31)29-27-14-19-9-21(26)6-7-22(19)30/h2-7,9,14,17-18,30H,8,10-13,15H2,1H3,(H2,28,29,31). The number of halogens is 1. The van der Waals surface area contributed by atoms with Crippen LogP contribution in [0.1, 0.15) is 55.2 Å². The molecule has 6 heteroatoms. The van der Waals surface area contributed by atoms with Gasteiger partial charge in [-0.25, -0.2) is 10.2 Å². The van der Waals surface area contributed by atoms with Crippen LogP contribution in [0.5, 0.6) is 5.75 Å². The van der Waals surface area contributed by atoms with Gasteiger partial charge in [-0.1, -0.05) is 45.8 Å². The molecule has 0 aromatic heterocycles. The van der Waals surface area contributed by atoms with E-state index in [-0.39, 0.29) is 22.7 Å². The van der Waals surface area contributed by atoms with Gasteiger partial charge in [0.15, 0.2) is 0 Å². The Bertz CT molecular complexity index is 1020. The molecular formula is C25H28BrN3O2. The van der Waals surface area contributed by atoms with Crippen molar-refractivity contribution in [2.45, 2.75) is 56.4 Å². The van der Waals surface area contributed by atoms with Crippen LogP contribution in [-0.2, 0) is 5.41 Å². The summed E-state index contributed by atoms with van der Waals surface area (Å²) in [6.07, 6.45) is 8.34. The molecule has 0 aliphatic heterocycles. The summed E-state index contributed by atoms with van der Waals surface area (Å²) in [7, 11) is 0. The number of aryl methyl sites for hydroxylation is 1. The van der Waals surface area contributed by atoms with Gasteiger partial charge in [0, 0.05) is 15.6 Å². The van der Waals surface area contributed by atoms with Gasteiger partial charge in [-0.15, -0.1) is 0 Å². The number of nitrogens with one attached hydrogen (secondary N) is 2. The number of hydrogen-bond donors (Lipinski definition) is 3. The van der Waals surface area contributed by atoms with Crippen molar-refractivity contribution in [1.82, 2.24) is 10.7 Å². The van der Waals surface area contributed by atoms with E-state index >= 15 is 0 Å². The SMILES string of the molecule is Cc1ccc(C23CC4CC(CC(NC(=O)NN=Cc5cc(Br)ccc5O)(C4)C2)C3)cc1. The van der Waals surface area contributed by atoms with Gasteiger partial charge in [-0.3, -0.25) is 0 Å². The summed E-state index contributed by atoms with van der Waals surface area (Å²) in [5.41, 5.74) is 5.89. The maximum absolute atomic E-state index is 12.7. The van der Waals surface area contributed by atoms with Gasteiger partial charge >= 0.3 is 6.03 Å². The van der Waals surface area contributed by atoms with Crippen molar-refractivity contribution in [3.05, 3.63) is 63.6 Å². The molecule has 2 amide bonds. The molecule has 4 aliphatic rings. The normalized spacial score (nSPS) is 31.2. The highest BCUT2D eigenvalue weighted by molar-refractivity contribution is 9.10. The first-order chi connectivity index (χ1) is 14.8. The Hall–Kier alpha value is -2.34. The molecule has 162 valence electrons. The highest BCUT2D eigenvalue weighted by Crippen LogP contribution is 2.62. The number of phenolic OH excluding ortho intramolecular Hbond substituents is 1. The summed E-state index contributed by atoms with van der Waals surface area (Å²) < 4.78 is 0.839. The molecule has 4 bridgehead atoms. The van der Waals surface area contributed by atoms with Gasteiger partial charge < -0.3 is 10.4 Å². The van der Waals surface area contributed by atoms with Crippen molar-refractivity contribution >= 4 is 28.2 Å². The number of urea groups is 1. The molecule has 2 atom stereocenters. The molecule has 5 nitrogen and oxygen atoms in total. The summed E-state index contributed by atoms with van der Waals surface area (Å²) >= 11 is 3.38. The summed E-state index contributed by atoms with van der Waals surface area (Å²) in [5.74, 6) is 1.46. The fraction of sp³-hybridized carbons (Fsp3) is 0.440. The monoisotopic (exact) mass is 481 g/mol. The highest BCUT2D eigenvalue weighted by atomic mass is 79.9. The number of carbonyl (C=O) groups is 1. The summed E-state index contributed by atoms with van der Waals surface area (Å²) in [5, 5.41) is 17.3. The number of carbonyl (C=O) groups excluding carboxylic acids is 1. The van der Waals surface area contributed by atoms with Crippen molar-refractivity contribution in [2.24, 2.45) is 16.9 Å². The van der Waals surface area contributed by atoms with E-state index in [0.29, 0.717) is 17.4 Å². The Morgan fingerprint density at radius 2 is 1.84 bits per heavy atom. The minimum atomic E-state index is -0.272. The van der Waals surface area contributed by atoms with Crippen molar-refractivity contribution in [2.75, 3.05) is 0 Å². The molecule has 31 heavy (non-hydrogen) atoms. The van der Waals surface area contributed by atoms with Crippen LogP contribution in [0, 0.1) is 18.8 Å². The van der Waals surface area contributed by atoms with Crippen LogP contribution in [0.3, 0.4) is 0 Å². The van der Waals surface area contributed by atoms with Crippen molar-refractivity contribution < 1.29 is 9.90 Å². The van der Waals surface area contributed by atoms with E-state index in [1.54, 1.807) is 18.2 Å². The number of benzene rings is 2. The van der Waals surface area contributed by atoms with Gasteiger partial charge in [0.1, 0.15) is 5.75 Å². The molecule has 6 rings (SSSR count). The summed E-state index contributed by atoms with van der Waals surface area (Å²) in [6, 6.07) is 13.8. The highest BCUT2D eigenvalue weighted by Gasteiger charge is 2.58. The van der Waals surface area contributed by atoms with Crippen LogP contribution in [0.15, 0.2) is 52.0 Å². The minimum Gasteiger partial charge on any atom is -0.507 e. The number of phenols is 1. The third-order valence-electron chi connectivity index (χ3n) is 7.46. The Balaban J connectivity index is 1.31. The number of nitrogens with zero attached hydrogens (tertiary/aromatic N) is 1. The Kier molecular flexibility index (Phi) is 5.08. The molecule has 3 N–H and O–H groups in total. The number of hydrogen-bond acceptors (Lipinski definition) is 3. The molecule has 4 fully saturated rings. The maximum Gasteiger partial charge on any atom is 0.335 e. The molecule has 0 saturated heterocycles. The lowest BCUT2D eigenvalue weighted by molar-refractivity contribution is -0.0349. The molecule has 4 saturated carbocycles. The zero-order valence-electron chi connectivity index (χ0n) is 17.7. The van der Waals surface area contributed by atoms with Gasteiger partial charge in [0.25, 0.3) is 0 Å². The van der Waals surface area contributed by atoms with E-state index in [9.17, 15) is 9.90 Å². The molecular weight excluding hydrogens is 454 g/mol. The first-order valence-corrected chi connectivity index (χ1v) is 11.8. The van der Waals surface area contributed by atoms with Crippen molar-refractivity contribution in [1.29, 1.82) is 0 Å². The Labute approximate surface area is 191 Å². The van der Waals surface area contributed by atoms with Gasteiger partial charge in [-0.2, -0.15) is 5.10 Å². The number of hydrazone groups is 1. The molecule has 2 aromatic rings. The fourth-order valence-electron chi connectivity index (χ4n) is 6.71. The van der Waals surface area contributed by atoms with E-state index in [2.05, 4.69) is 63.0 Å². The maximum atomic E-state index is 12.7. The zero-order valence-corrected chi connectivity index (χ0v) is 19.3. The Morgan fingerprint density at radius 1 is 1.13 bits per heavy atom. The van der Waals surface area contributed by atoms with E-state index in [4.69, 9.17) is 0 Å². The smallest absolute Gasteiger partial charge is 0.335 e. The predicted octanol–water partition coefficient (Wildman–Crippen LogP) is 5.39. The van der Waals surface area contributed by atoms with Crippen LogP contribution in [-0.4, -0.2) is 22.9 Å². The largest absolute Gasteiger partial charge is 0.507 e. The molecule has 4 aliphatic carbocycles. The summed E-state index contributed by atoms with van der Waals surface area (Å²) in [4.78, 5) is 12.7. The summed E-state index contributed by atoms with van der Waals surface area (Å²) in [6.45, 7) is 2.13. The van der Waals surface area contributed by atoms with E-state index in [1.807, 2.05) is 0 Å². The molecule has 0 radical (unpaired) electrons. The topological polar surface area (TPSA) is 73.7 Å². The number of aromatic hydroxyl groups is 1. The second kappa shape index (κ2) is 7.66. The quantitative estimate of drug-likeness (QED) is 0.404. The fourth-order valence-corrected chi connectivity index (χ4v) is 7.09. The zero-order chi connectivity index (χ0) is 21.6. The lowest BCUT2D eigenvalue weighted by Crippen LogP contribution is -2.65. The van der Waals surface area contributed by atoms with Crippen LogP contribution in [0.4, 0.5) is 4.79 Å². The van der Waals surface area contributed by atoms with E-state index in [1.165, 1.54) is 36.6 Å². The predicted molar refractivity (Wildman–Crippen MR) is 125 cm³/mol. The van der Waals surface area contributed by atoms with Crippen LogP contribution in [0.25, 0.3) is 0 Å². The average molecular weight is 482 g/mol.